The lowest BCUT2D eigenvalue weighted by molar-refractivity contribution is 0.174. The number of thioether (sulfide) groups is 1. The highest BCUT2D eigenvalue weighted by Crippen LogP contribution is 2.37. The van der Waals surface area contributed by atoms with Gasteiger partial charge >= 0.3 is 0 Å². The van der Waals surface area contributed by atoms with Crippen LogP contribution in [0, 0.1) is 6.92 Å². The number of hydrogen-bond donors (Lipinski definition) is 0. The molecule has 1 aliphatic heterocycles. The molecule has 2 aromatic carbocycles. The number of hydrogen-bond acceptors (Lipinski definition) is 8. The third-order valence-electron chi connectivity index (χ3n) is 5.38. The minimum atomic E-state index is -0.298. The summed E-state index contributed by atoms with van der Waals surface area (Å²) in [4.78, 5) is 4.80. The van der Waals surface area contributed by atoms with Crippen molar-refractivity contribution >= 4 is 34.7 Å². The smallest absolute Gasteiger partial charge is 0.231 e. The second kappa shape index (κ2) is 10.3. The van der Waals surface area contributed by atoms with Crippen LogP contribution in [0.25, 0.3) is 10.6 Å². The maximum atomic E-state index is 6.18. The number of thiazole rings is 1. The van der Waals surface area contributed by atoms with Crippen molar-refractivity contribution in [2.24, 2.45) is 0 Å². The minimum Gasteiger partial charge on any atom is -0.482 e. The summed E-state index contributed by atoms with van der Waals surface area (Å²) in [6.07, 6.45) is 1.53. The first-order valence-electron chi connectivity index (χ1n) is 11.0. The van der Waals surface area contributed by atoms with Crippen LogP contribution in [-0.2, 0) is 12.3 Å². The molecule has 0 radical (unpaired) electrons. The third kappa shape index (κ3) is 5.17. The van der Waals surface area contributed by atoms with Gasteiger partial charge in [-0.1, -0.05) is 29.4 Å². The van der Waals surface area contributed by atoms with Gasteiger partial charge in [0.15, 0.2) is 28.6 Å². The van der Waals surface area contributed by atoms with Gasteiger partial charge in [0.2, 0.25) is 6.79 Å². The lowest BCUT2D eigenvalue weighted by atomic mass is 10.2. The van der Waals surface area contributed by atoms with Crippen molar-refractivity contribution < 1.29 is 14.2 Å². The number of allylic oxidation sites excluding steroid dienone is 1. The summed E-state index contributed by atoms with van der Waals surface area (Å²) in [5.41, 5.74) is 2.95. The van der Waals surface area contributed by atoms with E-state index in [9.17, 15) is 0 Å². The van der Waals surface area contributed by atoms with Crippen molar-refractivity contribution in [3.8, 4) is 27.8 Å². The predicted molar refractivity (Wildman–Crippen MR) is 139 cm³/mol. The second-order valence-corrected chi connectivity index (χ2v) is 10.1. The maximum Gasteiger partial charge on any atom is 0.231 e. The highest BCUT2D eigenvalue weighted by molar-refractivity contribution is 7.98. The quantitative estimate of drug-likeness (QED) is 0.177. The molecular formula is C25H23ClN4O3S2. The van der Waals surface area contributed by atoms with Crippen molar-refractivity contribution in [2.75, 3.05) is 6.79 Å². The van der Waals surface area contributed by atoms with E-state index in [1.165, 1.54) is 0 Å². The molecule has 35 heavy (non-hydrogen) atoms. The van der Waals surface area contributed by atoms with Crippen molar-refractivity contribution in [1.82, 2.24) is 19.7 Å². The first-order valence-corrected chi connectivity index (χ1v) is 13.2. The van der Waals surface area contributed by atoms with Crippen LogP contribution < -0.4 is 14.2 Å². The molecule has 10 heteroatoms. The third-order valence-corrected chi connectivity index (χ3v) is 7.56. The van der Waals surface area contributed by atoms with Crippen molar-refractivity contribution in [1.29, 1.82) is 0 Å². The Balaban J connectivity index is 1.29. The van der Waals surface area contributed by atoms with Gasteiger partial charge in [-0.25, -0.2) is 4.98 Å². The molecule has 1 aliphatic rings. The molecule has 0 aliphatic carbocycles. The van der Waals surface area contributed by atoms with Gasteiger partial charge in [-0.3, -0.25) is 4.57 Å². The summed E-state index contributed by atoms with van der Waals surface area (Å²) in [5, 5.41) is 13.3. The summed E-state index contributed by atoms with van der Waals surface area (Å²) in [6, 6.07) is 11.5. The minimum absolute atomic E-state index is 0.259. The monoisotopic (exact) mass is 526 g/mol. The highest BCUT2D eigenvalue weighted by atomic mass is 35.5. The topological polar surface area (TPSA) is 71.3 Å². The molecule has 2 aromatic heterocycles. The lowest BCUT2D eigenvalue weighted by Crippen LogP contribution is -2.12. The molecule has 0 amide bonds. The Labute approximate surface area is 216 Å². The van der Waals surface area contributed by atoms with Crippen molar-refractivity contribution in [3.63, 3.8) is 0 Å². The Morgan fingerprint density at radius 2 is 2.09 bits per heavy atom. The van der Waals surface area contributed by atoms with Gasteiger partial charge in [-0.15, -0.1) is 28.1 Å². The van der Waals surface area contributed by atoms with Gasteiger partial charge in [0.25, 0.3) is 0 Å². The van der Waals surface area contributed by atoms with E-state index < -0.39 is 0 Å². The fraction of sp³-hybridized carbons (Fsp3) is 0.240. The van der Waals surface area contributed by atoms with Gasteiger partial charge in [0.1, 0.15) is 10.8 Å². The van der Waals surface area contributed by atoms with Crippen LogP contribution in [0.5, 0.6) is 17.2 Å². The van der Waals surface area contributed by atoms with E-state index in [0.717, 1.165) is 50.1 Å². The molecule has 0 N–H and O–H groups in total. The zero-order valence-electron chi connectivity index (χ0n) is 19.2. The number of ether oxygens (including phenoxy) is 3. The summed E-state index contributed by atoms with van der Waals surface area (Å²) < 4.78 is 19.1. The standard InChI is InChI=1S/C25H23ClN4O3S2/c1-4-9-30-23(16(3)33-20-8-6-18(26)10-15(20)2)28-29-25(30)35-13-19-12-34-24(27-19)17-5-7-21-22(11-17)32-14-31-21/h4-8,10-12,16H,1,9,13-14H2,2-3H3. The Kier molecular flexibility index (Phi) is 6.99. The van der Waals surface area contributed by atoms with Gasteiger partial charge < -0.3 is 14.2 Å². The average Bonchev–Trinajstić information content (AvgIpc) is 3.59. The normalized spacial score (nSPS) is 13.1. The SMILES string of the molecule is C=CCn1c(SCc2csc(-c3ccc4c(c3)OCO4)n2)nnc1C(C)Oc1ccc(Cl)cc1C. The summed E-state index contributed by atoms with van der Waals surface area (Å²) in [6.45, 7) is 8.66. The Morgan fingerprint density at radius 1 is 1.23 bits per heavy atom. The number of rotatable bonds is 9. The predicted octanol–water partition coefficient (Wildman–Crippen LogP) is 6.71. The summed E-state index contributed by atoms with van der Waals surface area (Å²) in [5.74, 6) is 3.69. The van der Waals surface area contributed by atoms with Gasteiger partial charge in [0.05, 0.1) is 5.69 Å². The zero-order valence-corrected chi connectivity index (χ0v) is 21.6. The summed E-state index contributed by atoms with van der Waals surface area (Å²) in [7, 11) is 0. The maximum absolute atomic E-state index is 6.18. The number of aryl methyl sites for hydroxylation is 1. The fourth-order valence-corrected chi connectivity index (χ4v) is 5.67. The number of aromatic nitrogens is 4. The van der Waals surface area contributed by atoms with E-state index in [1.54, 1.807) is 23.1 Å². The number of halogens is 1. The molecule has 3 heterocycles. The molecule has 0 saturated heterocycles. The molecule has 0 spiro atoms. The van der Waals surface area contributed by atoms with Crippen LogP contribution in [0.1, 0.15) is 30.1 Å². The van der Waals surface area contributed by atoms with E-state index >= 15 is 0 Å². The van der Waals surface area contributed by atoms with Crippen LogP contribution in [0.3, 0.4) is 0 Å². The largest absolute Gasteiger partial charge is 0.482 e. The molecule has 1 unspecified atom stereocenters. The van der Waals surface area contributed by atoms with E-state index in [1.807, 2.05) is 60.9 Å². The molecule has 0 saturated carbocycles. The van der Waals surface area contributed by atoms with Gasteiger partial charge in [0, 0.05) is 28.3 Å². The van der Waals surface area contributed by atoms with Crippen molar-refractivity contribution in [2.45, 2.75) is 37.4 Å². The fourth-order valence-electron chi connectivity index (χ4n) is 3.67. The highest BCUT2D eigenvalue weighted by Gasteiger charge is 2.20. The average molecular weight is 527 g/mol. The van der Waals surface area contributed by atoms with E-state index in [4.69, 9.17) is 30.8 Å². The molecule has 5 rings (SSSR count). The van der Waals surface area contributed by atoms with Crippen LogP contribution in [0.2, 0.25) is 5.02 Å². The number of nitrogens with zero attached hydrogens (tertiary/aromatic N) is 4. The zero-order chi connectivity index (χ0) is 24.4. The summed E-state index contributed by atoms with van der Waals surface area (Å²) >= 11 is 9.26. The van der Waals surface area contributed by atoms with Crippen LogP contribution in [-0.4, -0.2) is 26.5 Å². The van der Waals surface area contributed by atoms with Crippen molar-refractivity contribution in [3.05, 3.63) is 76.5 Å². The van der Waals surface area contributed by atoms with E-state index in [0.29, 0.717) is 17.3 Å². The van der Waals surface area contributed by atoms with Gasteiger partial charge in [-0.05, 0) is 55.8 Å². The lowest BCUT2D eigenvalue weighted by Gasteiger charge is -2.17. The van der Waals surface area contributed by atoms with Gasteiger partial charge in [-0.2, -0.15) is 0 Å². The molecule has 4 aromatic rings. The molecule has 1 atom stereocenters. The first-order chi connectivity index (χ1) is 17.0. The number of fused-ring (bicyclic) bond motifs is 1. The molecule has 7 nitrogen and oxygen atoms in total. The van der Waals surface area contributed by atoms with E-state index in [-0.39, 0.29) is 12.9 Å². The first kappa shape index (κ1) is 23.7. The number of benzene rings is 2. The van der Waals surface area contributed by atoms with E-state index in [2.05, 4.69) is 22.2 Å². The van der Waals surface area contributed by atoms with Crippen LogP contribution in [0.4, 0.5) is 0 Å². The van der Waals surface area contributed by atoms with Crippen LogP contribution in [0.15, 0.2) is 59.6 Å². The molecular weight excluding hydrogens is 504 g/mol. The second-order valence-electron chi connectivity index (χ2n) is 7.91. The Bertz CT molecular complexity index is 1370. The Hall–Kier alpha value is -3.01. The van der Waals surface area contributed by atoms with Crippen LogP contribution >= 0.6 is 34.7 Å². The molecule has 0 fully saturated rings. The molecule has 180 valence electrons. The molecule has 0 bridgehead atoms. The Morgan fingerprint density at radius 3 is 2.91 bits per heavy atom.